The minimum atomic E-state index is -0.280. The SMILES string of the molecule is CC(NC(=O)/C=C/c1ccc(F)cc1)c1ccc2c(c1)CCCC2. The van der Waals surface area contributed by atoms with E-state index in [1.54, 1.807) is 18.2 Å². The number of halogens is 1. The Hall–Kier alpha value is -2.42. The van der Waals surface area contributed by atoms with E-state index in [9.17, 15) is 9.18 Å². The van der Waals surface area contributed by atoms with Crippen LogP contribution in [0.3, 0.4) is 0 Å². The average molecular weight is 323 g/mol. The average Bonchev–Trinajstić information content (AvgIpc) is 2.61. The van der Waals surface area contributed by atoms with Crippen molar-refractivity contribution in [2.75, 3.05) is 0 Å². The maximum atomic E-state index is 12.9. The number of amides is 1. The van der Waals surface area contributed by atoms with Crippen molar-refractivity contribution < 1.29 is 9.18 Å². The van der Waals surface area contributed by atoms with Gasteiger partial charge in [-0.1, -0.05) is 30.3 Å². The van der Waals surface area contributed by atoms with Gasteiger partial charge in [0.2, 0.25) is 5.91 Å². The van der Waals surface area contributed by atoms with Crippen LogP contribution in [0.5, 0.6) is 0 Å². The van der Waals surface area contributed by atoms with E-state index in [4.69, 9.17) is 0 Å². The molecule has 2 aromatic rings. The molecule has 0 radical (unpaired) electrons. The quantitative estimate of drug-likeness (QED) is 0.819. The van der Waals surface area contributed by atoms with Gasteiger partial charge in [0.1, 0.15) is 5.82 Å². The molecule has 1 aliphatic rings. The summed E-state index contributed by atoms with van der Waals surface area (Å²) in [5.41, 5.74) is 4.80. The van der Waals surface area contributed by atoms with Crippen molar-refractivity contribution in [3.63, 3.8) is 0 Å². The number of nitrogens with one attached hydrogen (secondary N) is 1. The van der Waals surface area contributed by atoms with Gasteiger partial charge >= 0.3 is 0 Å². The van der Waals surface area contributed by atoms with Crippen LogP contribution < -0.4 is 5.32 Å². The fraction of sp³-hybridized carbons (Fsp3) is 0.286. The molecule has 1 unspecified atom stereocenters. The zero-order valence-corrected chi connectivity index (χ0v) is 13.9. The number of aryl methyl sites for hydroxylation is 2. The van der Waals surface area contributed by atoms with Crippen LogP contribution in [0.15, 0.2) is 48.5 Å². The molecule has 1 atom stereocenters. The Labute approximate surface area is 142 Å². The zero-order valence-electron chi connectivity index (χ0n) is 13.9. The Kier molecular flexibility index (Phi) is 5.09. The number of benzene rings is 2. The second-order valence-electron chi connectivity index (χ2n) is 6.35. The fourth-order valence-electron chi connectivity index (χ4n) is 3.11. The van der Waals surface area contributed by atoms with E-state index in [1.165, 1.54) is 42.2 Å². The first-order valence-electron chi connectivity index (χ1n) is 8.47. The number of carbonyl (C=O) groups is 1. The van der Waals surface area contributed by atoms with E-state index >= 15 is 0 Å². The minimum absolute atomic E-state index is 0.0393. The Morgan fingerprint density at radius 2 is 1.79 bits per heavy atom. The maximum absolute atomic E-state index is 12.9. The third kappa shape index (κ3) is 4.10. The number of rotatable bonds is 4. The van der Waals surface area contributed by atoms with E-state index in [-0.39, 0.29) is 17.8 Å². The lowest BCUT2D eigenvalue weighted by Crippen LogP contribution is -2.24. The first-order chi connectivity index (χ1) is 11.6. The summed E-state index contributed by atoms with van der Waals surface area (Å²) in [6, 6.07) is 12.5. The molecule has 1 aliphatic carbocycles. The lowest BCUT2D eigenvalue weighted by molar-refractivity contribution is -0.117. The van der Waals surface area contributed by atoms with Crippen LogP contribution >= 0.6 is 0 Å². The number of hydrogen-bond donors (Lipinski definition) is 1. The van der Waals surface area contributed by atoms with Crippen molar-refractivity contribution in [3.05, 3.63) is 76.6 Å². The van der Waals surface area contributed by atoms with E-state index < -0.39 is 0 Å². The molecular weight excluding hydrogens is 301 g/mol. The van der Waals surface area contributed by atoms with Crippen LogP contribution in [0.4, 0.5) is 4.39 Å². The van der Waals surface area contributed by atoms with Crippen molar-refractivity contribution in [1.82, 2.24) is 5.32 Å². The van der Waals surface area contributed by atoms with E-state index in [0.717, 1.165) is 24.0 Å². The van der Waals surface area contributed by atoms with E-state index in [1.807, 2.05) is 6.92 Å². The smallest absolute Gasteiger partial charge is 0.244 e. The molecule has 124 valence electrons. The molecule has 3 heteroatoms. The van der Waals surface area contributed by atoms with Gasteiger partial charge in [0, 0.05) is 6.08 Å². The molecule has 2 aromatic carbocycles. The van der Waals surface area contributed by atoms with Crippen LogP contribution in [-0.4, -0.2) is 5.91 Å². The Morgan fingerprint density at radius 1 is 1.08 bits per heavy atom. The summed E-state index contributed by atoms with van der Waals surface area (Å²) >= 11 is 0. The van der Waals surface area contributed by atoms with Crippen molar-refractivity contribution in [2.24, 2.45) is 0 Å². The third-order valence-corrected chi connectivity index (χ3v) is 4.53. The van der Waals surface area contributed by atoms with Crippen LogP contribution in [0.1, 0.15) is 48.1 Å². The molecule has 1 N–H and O–H groups in total. The van der Waals surface area contributed by atoms with E-state index in [0.29, 0.717) is 0 Å². The highest BCUT2D eigenvalue weighted by Gasteiger charge is 2.13. The van der Waals surface area contributed by atoms with Crippen LogP contribution in [0, 0.1) is 5.82 Å². The lowest BCUT2D eigenvalue weighted by Gasteiger charge is -2.19. The van der Waals surface area contributed by atoms with Gasteiger partial charge in [-0.05, 0) is 73.1 Å². The van der Waals surface area contributed by atoms with Gasteiger partial charge in [-0.3, -0.25) is 4.79 Å². The first kappa shape index (κ1) is 16.4. The summed E-state index contributed by atoms with van der Waals surface area (Å²) in [5.74, 6) is -0.429. The topological polar surface area (TPSA) is 29.1 Å². The van der Waals surface area contributed by atoms with Gasteiger partial charge in [0.15, 0.2) is 0 Å². The molecule has 0 spiro atoms. The monoisotopic (exact) mass is 323 g/mol. The van der Waals surface area contributed by atoms with Gasteiger partial charge in [-0.25, -0.2) is 4.39 Å². The van der Waals surface area contributed by atoms with E-state index in [2.05, 4.69) is 23.5 Å². The van der Waals surface area contributed by atoms with Crippen molar-refractivity contribution in [1.29, 1.82) is 0 Å². The molecule has 2 nitrogen and oxygen atoms in total. The summed E-state index contributed by atoms with van der Waals surface area (Å²) in [7, 11) is 0. The summed E-state index contributed by atoms with van der Waals surface area (Å²) in [5, 5.41) is 2.98. The van der Waals surface area contributed by atoms with Gasteiger partial charge in [-0.2, -0.15) is 0 Å². The largest absolute Gasteiger partial charge is 0.346 e. The lowest BCUT2D eigenvalue weighted by atomic mass is 9.89. The molecule has 0 heterocycles. The summed E-state index contributed by atoms with van der Waals surface area (Å²) < 4.78 is 12.9. The first-order valence-corrected chi connectivity index (χ1v) is 8.47. The molecule has 0 fully saturated rings. The van der Waals surface area contributed by atoms with Crippen LogP contribution in [0.25, 0.3) is 6.08 Å². The molecular formula is C21H22FNO. The number of hydrogen-bond acceptors (Lipinski definition) is 1. The van der Waals surface area contributed by atoms with Gasteiger partial charge in [0.05, 0.1) is 6.04 Å². The molecule has 3 rings (SSSR count). The zero-order chi connectivity index (χ0) is 16.9. The maximum Gasteiger partial charge on any atom is 0.244 e. The van der Waals surface area contributed by atoms with Crippen molar-refractivity contribution in [3.8, 4) is 0 Å². The van der Waals surface area contributed by atoms with Crippen molar-refractivity contribution >= 4 is 12.0 Å². The fourth-order valence-corrected chi connectivity index (χ4v) is 3.11. The molecule has 0 saturated carbocycles. The van der Waals surface area contributed by atoms with Gasteiger partial charge in [0.25, 0.3) is 0 Å². The Balaban J connectivity index is 1.62. The molecule has 1 amide bonds. The number of carbonyl (C=O) groups excluding carboxylic acids is 1. The predicted molar refractivity (Wildman–Crippen MR) is 95.1 cm³/mol. The summed E-state index contributed by atoms with van der Waals surface area (Å²) in [6.07, 6.45) is 7.99. The summed E-state index contributed by atoms with van der Waals surface area (Å²) in [4.78, 5) is 12.1. The number of fused-ring (bicyclic) bond motifs is 1. The third-order valence-electron chi connectivity index (χ3n) is 4.53. The highest BCUT2D eigenvalue weighted by atomic mass is 19.1. The molecule has 0 saturated heterocycles. The molecule has 24 heavy (non-hydrogen) atoms. The Bertz CT molecular complexity index is 749. The normalized spacial score (nSPS) is 15.1. The van der Waals surface area contributed by atoms with Crippen LogP contribution in [0.2, 0.25) is 0 Å². The molecule has 0 bridgehead atoms. The molecule has 0 aromatic heterocycles. The second-order valence-corrected chi connectivity index (χ2v) is 6.35. The minimum Gasteiger partial charge on any atom is -0.346 e. The predicted octanol–water partition coefficient (Wildman–Crippen LogP) is 4.60. The van der Waals surface area contributed by atoms with Gasteiger partial charge in [-0.15, -0.1) is 0 Å². The molecule has 0 aliphatic heterocycles. The standard InChI is InChI=1S/C21H22FNO/c1-15(18-10-9-17-4-2-3-5-19(17)14-18)23-21(24)13-8-16-6-11-20(22)12-7-16/h6-15H,2-5H2,1H3,(H,23,24)/b13-8+. The Morgan fingerprint density at radius 3 is 2.54 bits per heavy atom. The van der Waals surface area contributed by atoms with Crippen molar-refractivity contribution in [2.45, 2.75) is 38.6 Å². The highest BCUT2D eigenvalue weighted by molar-refractivity contribution is 5.91. The highest BCUT2D eigenvalue weighted by Crippen LogP contribution is 2.24. The van der Waals surface area contributed by atoms with Gasteiger partial charge < -0.3 is 5.32 Å². The summed E-state index contributed by atoms with van der Waals surface area (Å²) in [6.45, 7) is 1.99. The second kappa shape index (κ2) is 7.43. The van der Waals surface area contributed by atoms with Crippen LogP contribution in [-0.2, 0) is 17.6 Å².